The molecule has 1 aromatic carbocycles. The molecule has 0 bridgehead atoms. The average molecular weight is 321 g/mol. The zero-order valence-corrected chi connectivity index (χ0v) is 12.8. The maximum atomic E-state index is 12.4. The van der Waals surface area contributed by atoms with Gasteiger partial charge in [-0.05, 0) is 34.8 Å². The normalized spacial score (nSPS) is 10.7. The third-order valence-electron chi connectivity index (χ3n) is 2.98. The van der Waals surface area contributed by atoms with Crippen LogP contribution in [0, 0.1) is 6.92 Å². The summed E-state index contributed by atoms with van der Waals surface area (Å²) in [7, 11) is 0. The Balaban J connectivity index is 2.20. The first kappa shape index (κ1) is 14.0. The molecule has 100 valence electrons. The van der Waals surface area contributed by atoms with Crippen molar-refractivity contribution in [3.05, 3.63) is 51.8 Å². The van der Waals surface area contributed by atoms with Crippen molar-refractivity contribution < 1.29 is 4.79 Å². The Bertz CT molecular complexity index is 572. The topological polar surface area (TPSA) is 34.9 Å². The first-order chi connectivity index (χ1) is 9.11. The molecule has 0 amide bonds. The zero-order valence-electron chi connectivity index (χ0n) is 11.2. The van der Waals surface area contributed by atoms with Crippen LogP contribution in [0.4, 0.5) is 0 Å². The molecule has 19 heavy (non-hydrogen) atoms. The number of rotatable bonds is 5. The lowest BCUT2D eigenvalue weighted by Crippen LogP contribution is -2.13. The van der Waals surface area contributed by atoms with Crippen LogP contribution in [0.1, 0.15) is 35.0 Å². The van der Waals surface area contributed by atoms with Crippen LogP contribution in [0.15, 0.2) is 34.9 Å². The fourth-order valence-corrected chi connectivity index (χ4v) is 2.51. The monoisotopic (exact) mass is 320 g/mol. The van der Waals surface area contributed by atoms with E-state index in [2.05, 4.69) is 28.0 Å². The van der Waals surface area contributed by atoms with Crippen molar-refractivity contribution in [2.24, 2.45) is 0 Å². The van der Waals surface area contributed by atoms with Crippen molar-refractivity contribution in [3.63, 3.8) is 0 Å². The van der Waals surface area contributed by atoms with Gasteiger partial charge in [0.05, 0.1) is 10.7 Å². The Kier molecular flexibility index (Phi) is 4.53. The molecular formula is C15H17BrN2O. The average Bonchev–Trinajstić information content (AvgIpc) is 2.74. The zero-order chi connectivity index (χ0) is 13.8. The number of halogens is 1. The maximum Gasteiger partial charge on any atom is 0.186 e. The van der Waals surface area contributed by atoms with Gasteiger partial charge in [0.2, 0.25) is 0 Å². The third kappa shape index (κ3) is 3.32. The molecular weight excluding hydrogens is 304 g/mol. The predicted octanol–water partition coefficient (Wildman–Crippen LogP) is 3.79. The molecule has 0 saturated carbocycles. The molecule has 0 fully saturated rings. The Hall–Kier alpha value is -1.42. The minimum Gasteiger partial charge on any atom is -0.292 e. The predicted molar refractivity (Wildman–Crippen MR) is 79.4 cm³/mol. The Labute approximate surface area is 121 Å². The van der Waals surface area contributed by atoms with Crippen LogP contribution in [0.3, 0.4) is 0 Å². The van der Waals surface area contributed by atoms with Crippen molar-refractivity contribution in [2.75, 3.05) is 0 Å². The van der Waals surface area contributed by atoms with Gasteiger partial charge in [-0.25, -0.2) is 0 Å². The first-order valence-electron chi connectivity index (χ1n) is 6.42. The number of benzene rings is 1. The molecule has 2 rings (SSSR count). The van der Waals surface area contributed by atoms with E-state index in [4.69, 9.17) is 0 Å². The second-order valence-corrected chi connectivity index (χ2v) is 5.50. The molecule has 0 N–H and O–H groups in total. The summed E-state index contributed by atoms with van der Waals surface area (Å²) < 4.78 is 2.55. The molecule has 2 aromatic rings. The van der Waals surface area contributed by atoms with Crippen molar-refractivity contribution in [2.45, 2.75) is 33.2 Å². The lowest BCUT2D eigenvalue weighted by molar-refractivity contribution is 0.0981. The van der Waals surface area contributed by atoms with Crippen LogP contribution in [0.25, 0.3) is 0 Å². The molecule has 0 aliphatic heterocycles. The van der Waals surface area contributed by atoms with E-state index >= 15 is 0 Å². The smallest absolute Gasteiger partial charge is 0.186 e. The summed E-state index contributed by atoms with van der Waals surface area (Å²) in [6, 6.07) is 8.06. The molecule has 3 nitrogen and oxygen atoms in total. The highest BCUT2D eigenvalue weighted by Crippen LogP contribution is 2.19. The number of aryl methyl sites for hydroxylation is 2. The van der Waals surface area contributed by atoms with E-state index in [0.717, 1.165) is 23.0 Å². The van der Waals surface area contributed by atoms with Gasteiger partial charge in [0.1, 0.15) is 5.69 Å². The minimum atomic E-state index is 0.0988. The van der Waals surface area contributed by atoms with Gasteiger partial charge in [0, 0.05) is 13.0 Å². The summed E-state index contributed by atoms with van der Waals surface area (Å²) >= 11 is 3.41. The van der Waals surface area contributed by atoms with Gasteiger partial charge >= 0.3 is 0 Å². The summed E-state index contributed by atoms with van der Waals surface area (Å²) in [5, 5.41) is 4.23. The number of carbonyl (C=O) groups is 1. The van der Waals surface area contributed by atoms with Gasteiger partial charge in [-0.3, -0.25) is 9.48 Å². The molecule has 0 atom stereocenters. The fraction of sp³-hybridized carbons (Fsp3) is 0.333. The second kappa shape index (κ2) is 6.15. The molecule has 0 unspecified atom stereocenters. The van der Waals surface area contributed by atoms with E-state index in [1.165, 1.54) is 5.56 Å². The quantitative estimate of drug-likeness (QED) is 0.785. The number of aromatic nitrogens is 2. The Morgan fingerprint density at radius 1 is 1.32 bits per heavy atom. The maximum absolute atomic E-state index is 12.4. The van der Waals surface area contributed by atoms with Gasteiger partial charge in [-0.1, -0.05) is 36.8 Å². The summed E-state index contributed by atoms with van der Waals surface area (Å²) in [5.41, 5.74) is 2.91. The summed E-state index contributed by atoms with van der Waals surface area (Å²) in [6.07, 6.45) is 3.06. The lowest BCUT2D eigenvalue weighted by atomic mass is 10.1. The van der Waals surface area contributed by atoms with Crippen molar-refractivity contribution in [1.29, 1.82) is 0 Å². The Morgan fingerprint density at radius 2 is 2.00 bits per heavy atom. The van der Waals surface area contributed by atoms with E-state index in [1.807, 2.05) is 31.2 Å². The minimum absolute atomic E-state index is 0.0988. The van der Waals surface area contributed by atoms with Crippen molar-refractivity contribution in [3.8, 4) is 0 Å². The number of hydrogen-bond acceptors (Lipinski definition) is 2. The van der Waals surface area contributed by atoms with Gasteiger partial charge in [0.25, 0.3) is 0 Å². The van der Waals surface area contributed by atoms with Crippen LogP contribution in [0.5, 0.6) is 0 Å². The Morgan fingerprint density at radius 3 is 2.63 bits per heavy atom. The molecule has 0 aliphatic rings. The molecule has 1 aromatic heterocycles. The van der Waals surface area contributed by atoms with Gasteiger partial charge in [-0.2, -0.15) is 5.10 Å². The molecule has 1 heterocycles. The lowest BCUT2D eigenvalue weighted by Gasteiger charge is -2.06. The molecule has 0 aliphatic carbocycles. The SMILES string of the molecule is CCCn1ncc(Br)c1C(=O)Cc1ccc(C)cc1. The van der Waals surface area contributed by atoms with E-state index < -0.39 is 0 Å². The highest BCUT2D eigenvalue weighted by Gasteiger charge is 2.17. The first-order valence-corrected chi connectivity index (χ1v) is 7.21. The molecule has 0 saturated heterocycles. The molecule has 0 radical (unpaired) electrons. The van der Waals surface area contributed by atoms with Crippen LogP contribution < -0.4 is 0 Å². The number of carbonyl (C=O) groups excluding carboxylic acids is 1. The van der Waals surface area contributed by atoms with Crippen LogP contribution >= 0.6 is 15.9 Å². The van der Waals surface area contributed by atoms with Gasteiger partial charge in [-0.15, -0.1) is 0 Å². The van der Waals surface area contributed by atoms with E-state index in [9.17, 15) is 4.79 Å². The number of ketones is 1. The summed E-state index contributed by atoms with van der Waals surface area (Å²) in [5.74, 6) is 0.0988. The number of Topliss-reactive ketones (excluding diaryl/α,β-unsaturated/α-hetero) is 1. The summed E-state index contributed by atoms with van der Waals surface area (Å²) in [4.78, 5) is 12.4. The van der Waals surface area contributed by atoms with Gasteiger partial charge in [0.15, 0.2) is 5.78 Å². The van der Waals surface area contributed by atoms with E-state index in [-0.39, 0.29) is 5.78 Å². The second-order valence-electron chi connectivity index (χ2n) is 4.65. The third-order valence-corrected chi connectivity index (χ3v) is 3.56. The number of nitrogens with zero attached hydrogens (tertiary/aromatic N) is 2. The number of hydrogen-bond donors (Lipinski definition) is 0. The summed E-state index contributed by atoms with van der Waals surface area (Å²) in [6.45, 7) is 4.88. The standard InChI is InChI=1S/C15H17BrN2O/c1-3-8-18-15(13(16)10-17-18)14(19)9-12-6-4-11(2)5-7-12/h4-7,10H,3,8-9H2,1-2H3. The highest BCUT2D eigenvalue weighted by molar-refractivity contribution is 9.10. The van der Waals surface area contributed by atoms with Crippen LogP contribution in [0.2, 0.25) is 0 Å². The highest BCUT2D eigenvalue weighted by atomic mass is 79.9. The largest absolute Gasteiger partial charge is 0.292 e. The molecule has 0 spiro atoms. The van der Waals surface area contributed by atoms with Crippen molar-refractivity contribution >= 4 is 21.7 Å². The van der Waals surface area contributed by atoms with Crippen LogP contribution in [-0.2, 0) is 13.0 Å². The van der Waals surface area contributed by atoms with E-state index in [1.54, 1.807) is 10.9 Å². The molecule has 4 heteroatoms. The van der Waals surface area contributed by atoms with Crippen molar-refractivity contribution in [1.82, 2.24) is 9.78 Å². The van der Waals surface area contributed by atoms with E-state index in [0.29, 0.717) is 12.1 Å². The van der Waals surface area contributed by atoms with Gasteiger partial charge < -0.3 is 0 Å². The fourth-order valence-electron chi connectivity index (χ4n) is 2.00. The van der Waals surface area contributed by atoms with Crippen LogP contribution in [-0.4, -0.2) is 15.6 Å².